The largest absolute Gasteiger partial charge is 0.378 e. The Labute approximate surface area is 163 Å². The van der Waals surface area contributed by atoms with Crippen molar-refractivity contribution in [1.29, 1.82) is 0 Å². The molecule has 6 nitrogen and oxygen atoms in total. The minimum Gasteiger partial charge on any atom is -0.378 e. The van der Waals surface area contributed by atoms with E-state index in [0.717, 1.165) is 0 Å². The van der Waals surface area contributed by atoms with Crippen molar-refractivity contribution in [2.45, 2.75) is 19.8 Å². The summed E-state index contributed by atoms with van der Waals surface area (Å²) in [6.07, 6.45) is 1.33. The second-order valence-corrected chi connectivity index (χ2v) is 7.48. The molecule has 2 aliphatic heterocycles. The molecule has 2 aromatic rings. The zero-order valence-corrected chi connectivity index (χ0v) is 16.0. The molecule has 2 fully saturated rings. The summed E-state index contributed by atoms with van der Waals surface area (Å²) in [5.74, 6) is -0.311. The van der Waals surface area contributed by atoms with Gasteiger partial charge in [-0.15, -0.1) is 0 Å². The summed E-state index contributed by atoms with van der Waals surface area (Å²) in [7, 11) is 0. The Morgan fingerprint density at radius 2 is 1.79 bits per heavy atom. The van der Waals surface area contributed by atoms with Crippen LogP contribution in [0, 0.1) is 18.7 Å². The number of rotatable bonds is 2. The van der Waals surface area contributed by atoms with E-state index in [2.05, 4.69) is 4.98 Å². The molecular weight excluding hydrogens is 361 g/mol. The maximum atomic E-state index is 13.5. The summed E-state index contributed by atoms with van der Waals surface area (Å²) in [4.78, 5) is 33.8. The van der Waals surface area contributed by atoms with Crippen LogP contribution in [0.25, 0.3) is 10.9 Å². The molecular formula is C21H24FN3O3. The van der Waals surface area contributed by atoms with Crippen LogP contribution in [-0.4, -0.2) is 66.0 Å². The van der Waals surface area contributed by atoms with E-state index in [-0.39, 0.29) is 23.5 Å². The van der Waals surface area contributed by atoms with Crippen molar-refractivity contribution in [2.24, 2.45) is 5.92 Å². The van der Waals surface area contributed by atoms with Crippen molar-refractivity contribution in [1.82, 2.24) is 14.8 Å². The number of halogens is 1. The average molecular weight is 385 g/mol. The number of pyridine rings is 1. The van der Waals surface area contributed by atoms with Crippen molar-refractivity contribution >= 4 is 22.7 Å². The molecule has 0 unspecified atom stereocenters. The summed E-state index contributed by atoms with van der Waals surface area (Å²) in [5, 5.41) is 0.656. The molecule has 0 bridgehead atoms. The van der Waals surface area contributed by atoms with Gasteiger partial charge in [-0.05, 0) is 38.0 Å². The molecule has 2 amide bonds. The SMILES string of the molecule is Cc1cc(C(=O)N2CCC(C(=O)N3CCOCC3)CC2)c2ccc(F)cc2n1. The van der Waals surface area contributed by atoms with Crippen LogP contribution in [-0.2, 0) is 9.53 Å². The van der Waals surface area contributed by atoms with Gasteiger partial charge in [-0.25, -0.2) is 4.39 Å². The van der Waals surface area contributed by atoms with Gasteiger partial charge in [0.05, 0.1) is 24.3 Å². The van der Waals surface area contributed by atoms with Gasteiger partial charge >= 0.3 is 0 Å². The predicted molar refractivity (Wildman–Crippen MR) is 102 cm³/mol. The van der Waals surface area contributed by atoms with Gasteiger partial charge < -0.3 is 14.5 Å². The van der Waals surface area contributed by atoms with Crippen LogP contribution < -0.4 is 0 Å². The molecule has 1 aromatic carbocycles. The van der Waals surface area contributed by atoms with Gasteiger partial charge in [0.1, 0.15) is 5.82 Å². The van der Waals surface area contributed by atoms with Crippen LogP contribution in [0.15, 0.2) is 24.3 Å². The number of aromatic nitrogens is 1. The topological polar surface area (TPSA) is 62.7 Å². The number of piperidine rings is 1. The highest BCUT2D eigenvalue weighted by Crippen LogP contribution is 2.25. The summed E-state index contributed by atoms with van der Waals surface area (Å²) in [5.41, 5.74) is 1.71. The quantitative estimate of drug-likeness (QED) is 0.796. The molecule has 7 heteroatoms. The Morgan fingerprint density at radius 3 is 2.50 bits per heavy atom. The minimum atomic E-state index is -0.369. The van der Waals surface area contributed by atoms with Gasteiger partial charge in [-0.2, -0.15) is 0 Å². The fraction of sp³-hybridized carbons (Fsp3) is 0.476. The first kappa shape index (κ1) is 18.8. The molecule has 148 valence electrons. The molecule has 2 aliphatic rings. The first-order valence-corrected chi connectivity index (χ1v) is 9.75. The number of nitrogens with zero attached hydrogens (tertiary/aromatic N) is 3. The van der Waals surface area contributed by atoms with Gasteiger partial charge in [0.25, 0.3) is 5.91 Å². The van der Waals surface area contributed by atoms with E-state index in [1.807, 2.05) is 4.90 Å². The zero-order chi connectivity index (χ0) is 19.7. The van der Waals surface area contributed by atoms with Crippen molar-refractivity contribution in [3.8, 4) is 0 Å². The Balaban J connectivity index is 1.47. The van der Waals surface area contributed by atoms with Crippen molar-refractivity contribution in [3.05, 3.63) is 41.3 Å². The van der Waals surface area contributed by atoms with Crippen molar-refractivity contribution in [2.75, 3.05) is 39.4 Å². The number of hydrogen-bond acceptors (Lipinski definition) is 4. The highest BCUT2D eigenvalue weighted by molar-refractivity contribution is 6.06. The number of likely N-dealkylation sites (tertiary alicyclic amines) is 1. The lowest BCUT2D eigenvalue weighted by Crippen LogP contribution is -2.47. The van der Waals surface area contributed by atoms with Crippen LogP contribution in [0.1, 0.15) is 28.9 Å². The molecule has 0 saturated carbocycles. The number of amides is 2. The Hall–Kier alpha value is -2.54. The third-order valence-electron chi connectivity index (χ3n) is 5.58. The number of benzene rings is 1. The summed E-state index contributed by atoms with van der Waals surface area (Å²) >= 11 is 0. The number of morpholine rings is 1. The molecule has 28 heavy (non-hydrogen) atoms. The lowest BCUT2D eigenvalue weighted by molar-refractivity contribution is -0.141. The normalized spacial score (nSPS) is 18.5. The third kappa shape index (κ3) is 3.71. The Morgan fingerprint density at radius 1 is 1.07 bits per heavy atom. The van der Waals surface area contributed by atoms with Gasteiger partial charge in [0, 0.05) is 49.2 Å². The summed E-state index contributed by atoms with van der Waals surface area (Å²) in [6, 6.07) is 6.07. The van der Waals surface area contributed by atoms with E-state index in [1.54, 1.807) is 24.0 Å². The molecule has 0 aliphatic carbocycles. The van der Waals surface area contributed by atoms with E-state index >= 15 is 0 Å². The number of hydrogen-bond donors (Lipinski definition) is 0. The lowest BCUT2D eigenvalue weighted by atomic mass is 9.94. The van der Waals surface area contributed by atoms with Gasteiger partial charge in [0.2, 0.25) is 5.91 Å². The predicted octanol–water partition coefficient (Wildman–Crippen LogP) is 2.39. The van der Waals surface area contributed by atoms with Crippen molar-refractivity contribution < 1.29 is 18.7 Å². The molecule has 0 N–H and O–H groups in total. The van der Waals surface area contributed by atoms with Crippen LogP contribution in [0.2, 0.25) is 0 Å². The fourth-order valence-corrected chi connectivity index (χ4v) is 4.05. The Kier molecular flexibility index (Phi) is 5.26. The second-order valence-electron chi connectivity index (χ2n) is 7.48. The number of fused-ring (bicyclic) bond motifs is 1. The van der Waals surface area contributed by atoms with Crippen molar-refractivity contribution in [3.63, 3.8) is 0 Å². The summed E-state index contributed by atoms with van der Waals surface area (Å²) < 4.78 is 18.9. The molecule has 4 rings (SSSR count). The van der Waals surface area contributed by atoms with E-state index in [1.165, 1.54) is 12.1 Å². The van der Waals surface area contributed by atoms with E-state index in [9.17, 15) is 14.0 Å². The molecule has 3 heterocycles. The van der Waals surface area contributed by atoms with E-state index < -0.39 is 0 Å². The molecule has 0 radical (unpaired) electrons. The third-order valence-corrected chi connectivity index (χ3v) is 5.58. The van der Waals surface area contributed by atoms with Gasteiger partial charge in [-0.1, -0.05) is 0 Å². The zero-order valence-electron chi connectivity index (χ0n) is 16.0. The van der Waals surface area contributed by atoms with E-state index in [4.69, 9.17) is 4.74 Å². The maximum absolute atomic E-state index is 13.5. The molecule has 1 aromatic heterocycles. The van der Waals surface area contributed by atoms with Crippen LogP contribution in [0.3, 0.4) is 0 Å². The number of carbonyl (C=O) groups is 2. The van der Waals surface area contributed by atoms with Gasteiger partial charge in [0.15, 0.2) is 0 Å². The molecule has 2 saturated heterocycles. The smallest absolute Gasteiger partial charge is 0.254 e. The first-order chi connectivity index (χ1) is 13.5. The monoisotopic (exact) mass is 385 g/mol. The lowest BCUT2D eigenvalue weighted by Gasteiger charge is -2.35. The minimum absolute atomic E-state index is 0.0350. The number of aryl methyl sites for hydroxylation is 1. The van der Waals surface area contributed by atoms with E-state index in [0.29, 0.717) is 74.4 Å². The second kappa shape index (κ2) is 7.83. The van der Waals surface area contributed by atoms with Gasteiger partial charge in [-0.3, -0.25) is 14.6 Å². The first-order valence-electron chi connectivity index (χ1n) is 9.75. The Bertz CT molecular complexity index is 898. The van der Waals surface area contributed by atoms with Crippen LogP contribution >= 0.6 is 0 Å². The average Bonchev–Trinajstić information content (AvgIpc) is 2.72. The molecule has 0 atom stereocenters. The fourth-order valence-electron chi connectivity index (χ4n) is 4.05. The number of carbonyl (C=O) groups excluding carboxylic acids is 2. The highest BCUT2D eigenvalue weighted by Gasteiger charge is 2.31. The molecule has 0 spiro atoms. The van der Waals surface area contributed by atoms with Crippen LogP contribution in [0.5, 0.6) is 0 Å². The standard InChI is InChI=1S/C21H24FN3O3/c1-14-12-18(17-3-2-16(22)13-19(17)23-14)21(27)24-6-4-15(5-7-24)20(26)25-8-10-28-11-9-25/h2-3,12-13,15H,4-11H2,1H3. The maximum Gasteiger partial charge on any atom is 0.254 e. The summed E-state index contributed by atoms with van der Waals surface area (Å²) in [6.45, 7) is 5.38. The highest BCUT2D eigenvalue weighted by atomic mass is 19.1. The van der Waals surface area contributed by atoms with Crippen LogP contribution in [0.4, 0.5) is 4.39 Å². The number of ether oxygens (including phenoxy) is 1.